The molecular weight excluding hydrogens is 236 g/mol. The maximum atomic E-state index is 6.09. The van der Waals surface area contributed by atoms with Crippen molar-refractivity contribution >= 4 is 16.6 Å². The van der Waals surface area contributed by atoms with Crippen LogP contribution in [-0.4, -0.2) is 14.3 Å². The molecule has 2 N–H and O–H groups in total. The van der Waals surface area contributed by atoms with Gasteiger partial charge in [-0.15, -0.1) is 0 Å². The Bertz CT molecular complexity index is 758. The van der Waals surface area contributed by atoms with Gasteiger partial charge in [0, 0.05) is 30.7 Å². The van der Waals surface area contributed by atoms with E-state index in [4.69, 9.17) is 5.73 Å². The topological polar surface area (TPSA) is 48.8 Å². The van der Waals surface area contributed by atoms with Crippen molar-refractivity contribution in [2.75, 3.05) is 5.73 Å². The fourth-order valence-electron chi connectivity index (χ4n) is 2.90. The number of anilines is 1. The van der Waals surface area contributed by atoms with Crippen LogP contribution in [0.1, 0.15) is 11.3 Å². The summed E-state index contributed by atoms with van der Waals surface area (Å²) in [5, 5.41) is 5.49. The van der Waals surface area contributed by atoms with Gasteiger partial charge in [0.2, 0.25) is 0 Å². The molecule has 0 aliphatic rings. The zero-order chi connectivity index (χ0) is 13.7. The van der Waals surface area contributed by atoms with Crippen LogP contribution in [0.3, 0.4) is 0 Å². The highest BCUT2D eigenvalue weighted by Crippen LogP contribution is 2.37. The Labute approximate surface area is 112 Å². The maximum absolute atomic E-state index is 6.09. The number of nitrogens with two attached hydrogens (primary N) is 1. The van der Waals surface area contributed by atoms with Crippen LogP contribution >= 0.6 is 0 Å². The summed E-state index contributed by atoms with van der Waals surface area (Å²) in [5.41, 5.74) is 12.7. The largest absolute Gasteiger partial charge is 0.396 e. The van der Waals surface area contributed by atoms with Gasteiger partial charge in [-0.3, -0.25) is 4.68 Å². The van der Waals surface area contributed by atoms with E-state index >= 15 is 0 Å². The second-order valence-corrected chi connectivity index (χ2v) is 5.06. The van der Waals surface area contributed by atoms with E-state index in [0.29, 0.717) is 0 Å². The number of rotatable bonds is 1. The van der Waals surface area contributed by atoms with Crippen LogP contribution in [0.4, 0.5) is 5.69 Å². The second-order valence-electron chi connectivity index (χ2n) is 5.06. The summed E-state index contributed by atoms with van der Waals surface area (Å²) in [6.07, 6.45) is 1.71. The number of benzene rings is 1. The lowest BCUT2D eigenvalue weighted by atomic mass is 10.1. The summed E-state index contributed by atoms with van der Waals surface area (Å²) in [7, 11) is 4.03. The zero-order valence-electron chi connectivity index (χ0n) is 11.7. The van der Waals surface area contributed by atoms with E-state index in [9.17, 15) is 0 Å². The van der Waals surface area contributed by atoms with Crippen LogP contribution < -0.4 is 5.73 Å². The first-order chi connectivity index (χ1) is 9.02. The van der Waals surface area contributed by atoms with E-state index in [1.807, 2.05) is 11.7 Å². The van der Waals surface area contributed by atoms with Crippen molar-refractivity contribution in [1.82, 2.24) is 14.3 Å². The molecule has 0 saturated carbocycles. The molecule has 98 valence electrons. The first kappa shape index (κ1) is 11.8. The third-order valence-electron chi connectivity index (χ3n) is 3.91. The third-order valence-corrected chi connectivity index (χ3v) is 3.91. The van der Waals surface area contributed by atoms with Crippen molar-refractivity contribution < 1.29 is 0 Å². The normalized spacial score (nSPS) is 11.4. The third kappa shape index (κ3) is 1.49. The SMILES string of the molecule is Cc1cccc2c(-c3c(N)cnn3C)c(C)n(C)c12. The number of hydrogen-bond donors (Lipinski definition) is 1. The van der Waals surface area contributed by atoms with Crippen LogP contribution in [0.25, 0.3) is 22.2 Å². The van der Waals surface area contributed by atoms with Crippen molar-refractivity contribution in [3.8, 4) is 11.3 Å². The van der Waals surface area contributed by atoms with Gasteiger partial charge in [-0.2, -0.15) is 5.10 Å². The fraction of sp³-hybridized carbons (Fsp3) is 0.267. The molecule has 0 bridgehead atoms. The molecule has 1 aromatic carbocycles. The second kappa shape index (κ2) is 3.88. The lowest BCUT2D eigenvalue weighted by Gasteiger charge is -2.05. The Morgan fingerprint density at radius 2 is 1.89 bits per heavy atom. The number of para-hydroxylation sites is 1. The van der Waals surface area contributed by atoms with Gasteiger partial charge in [-0.05, 0) is 19.4 Å². The lowest BCUT2D eigenvalue weighted by molar-refractivity contribution is 0.774. The Balaban J connectivity index is 2.49. The summed E-state index contributed by atoms with van der Waals surface area (Å²) in [6, 6.07) is 6.38. The summed E-state index contributed by atoms with van der Waals surface area (Å²) in [5.74, 6) is 0. The zero-order valence-corrected chi connectivity index (χ0v) is 11.7. The van der Waals surface area contributed by atoms with Crippen molar-refractivity contribution in [3.63, 3.8) is 0 Å². The Morgan fingerprint density at radius 1 is 1.16 bits per heavy atom. The average molecular weight is 254 g/mol. The molecule has 2 aromatic heterocycles. The quantitative estimate of drug-likeness (QED) is 0.726. The van der Waals surface area contributed by atoms with E-state index < -0.39 is 0 Å². The van der Waals surface area contributed by atoms with E-state index in [2.05, 4.69) is 48.8 Å². The lowest BCUT2D eigenvalue weighted by Crippen LogP contribution is -1.98. The monoisotopic (exact) mass is 254 g/mol. The molecule has 3 aromatic rings. The number of nitrogens with zero attached hydrogens (tertiary/aromatic N) is 3. The van der Waals surface area contributed by atoms with E-state index in [0.717, 1.165) is 11.4 Å². The van der Waals surface area contributed by atoms with Gasteiger partial charge >= 0.3 is 0 Å². The molecule has 0 radical (unpaired) electrons. The number of fused-ring (bicyclic) bond motifs is 1. The van der Waals surface area contributed by atoms with Crippen molar-refractivity contribution in [1.29, 1.82) is 0 Å². The number of aromatic nitrogens is 3. The van der Waals surface area contributed by atoms with Gasteiger partial charge in [-0.25, -0.2) is 0 Å². The smallest absolute Gasteiger partial charge is 0.0932 e. The summed E-state index contributed by atoms with van der Waals surface area (Å²) in [4.78, 5) is 0. The van der Waals surface area contributed by atoms with E-state index in [1.165, 1.54) is 27.7 Å². The average Bonchev–Trinajstić information content (AvgIpc) is 2.81. The standard InChI is InChI=1S/C15H18N4/c1-9-6-5-7-11-13(10(2)18(3)14(9)11)15-12(16)8-17-19(15)4/h5-8H,16H2,1-4H3. The molecule has 0 saturated heterocycles. The Hall–Kier alpha value is -2.23. The number of nitrogen functional groups attached to an aromatic ring is 1. The van der Waals surface area contributed by atoms with Crippen molar-refractivity contribution in [2.45, 2.75) is 13.8 Å². The van der Waals surface area contributed by atoms with Crippen molar-refractivity contribution in [3.05, 3.63) is 35.7 Å². The molecule has 0 spiro atoms. The van der Waals surface area contributed by atoms with Crippen LogP contribution in [0.2, 0.25) is 0 Å². The van der Waals surface area contributed by atoms with Gasteiger partial charge in [0.1, 0.15) is 0 Å². The minimum Gasteiger partial charge on any atom is -0.396 e. The number of aryl methyl sites for hydroxylation is 3. The van der Waals surface area contributed by atoms with Crippen LogP contribution in [-0.2, 0) is 14.1 Å². The van der Waals surface area contributed by atoms with E-state index in [1.54, 1.807) is 6.20 Å². The highest BCUT2D eigenvalue weighted by Gasteiger charge is 2.19. The van der Waals surface area contributed by atoms with Gasteiger partial charge in [0.05, 0.1) is 23.1 Å². The molecule has 0 fully saturated rings. The molecular formula is C15H18N4. The van der Waals surface area contributed by atoms with Crippen LogP contribution in [0.15, 0.2) is 24.4 Å². The van der Waals surface area contributed by atoms with Gasteiger partial charge in [-0.1, -0.05) is 18.2 Å². The minimum atomic E-state index is 0.722. The summed E-state index contributed by atoms with van der Waals surface area (Å²) in [6.45, 7) is 4.26. The van der Waals surface area contributed by atoms with Crippen LogP contribution in [0.5, 0.6) is 0 Å². The fourth-order valence-corrected chi connectivity index (χ4v) is 2.90. The van der Waals surface area contributed by atoms with Gasteiger partial charge in [0.25, 0.3) is 0 Å². The molecule has 4 nitrogen and oxygen atoms in total. The molecule has 0 amide bonds. The molecule has 0 atom stereocenters. The van der Waals surface area contributed by atoms with Gasteiger partial charge in [0.15, 0.2) is 0 Å². The van der Waals surface area contributed by atoms with Crippen LogP contribution in [0, 0.1) is 13.8 Å². The maximum Gasteiger partial charge on any atom is 0.0932 e. The van der Waals surface area contributed by atoms with Gasteiger partial charge < -0.3 is 10.3 Å². The minimum absolute atomic E-state index is 0.722. The Kier molecular flexibility index (Phi) is 2.42. The predicted octanol–water partition coefficient (Wildman–Crippen LogP) is 2.78. The highest BCUT2D eigenvalue weighted by molar-refractivity contribution is 6.00. The molecule has 0 unspecified atom stereocenters. The first-order valence-electron chi connectivity index (χ1n) is 6.34. The first-order valence-corrected chi connectivity index (χ1v) is 6.34. The molecule has 0 aliphatic heterocycles. The molecule has 0 aliphatic carbocycles. The molecule has 4 heteroatoms. The Morgan fingerprint density at radius 3 is 2.53 bits per heavy atom. The predicted molar refractivity (Wildman–Crippen MR) is 79.0 cm³/mol. The van der Waals surface area contributed by atoms with Crippen molar-refractivity contribution in [2.24, 2.45) is 14.1 Å². The number of hydrogen-bond acceptors (Lipinski definition) is 2. The van der Waals surface area contributed by atoms with E-state index in [-0.39, 0.29) is 0 Å². The highest BCUT2D eigenvalue weighted by atomic mass is 15.3. The summed E-state index contributed by atoms with van der Waals surface area (Å²) >= 11 is 0. The molecule has 19 heavy (non-hydrogen) atoms. The molecule has 2 heterocycles. The molecule has 3 rings (SSSR count). The summed E-state index contributed by atoms with van der Waals surface area (Å²) < 4.78 is 4.08.